The van der Waals surface area contributed by atoms with Gasteiger partial charge in [-0.3, -0.25) is 4.57 Å². The quantitative estimate of drug-likeness (QED) is 0.275. The summed E-state index contributed by atoms with van der Waals surface area (Å²) >= 11 is 17.5. The fourth-order valence-corrected chi connectivity index (χ4v) is 4.74. The first kappa shape index (κ1) is 19.5. The lowest BCUT2D eigenvalue weighted by atomic mass is 10.2. The summed E-state index contributed by atoms with van der Waals surface area (Å²) in [5, 5.41) is 11.0. The molecule has 0 saturated heterocycles. The van der Waals surface area contributed by atoms with Crippen molar-refractivity contribution in [2.75, 3.05) is 0 Å². The van der Waals surface area contributed by atoms with Gasteiger partial charge in [0.15, 0.2) is 11.0 Å². The first-order valence-corrected chi connectivity index (χ1v) is 11.0. The van der Waals surface area contributed by atoms with Gasteiger partial charge < -0.3 is 0 Å². The van der Waals surface area contributed by atoms with E-state index in [1.807, 2.05) is 66.7 Å². The van der Waals surface area contributed by atoms with Crippen LogP contribution in [0.25, 0.3) is 17.1 Å². The first-order chi connectivity index (χ1) is 13.6. The standard InChI is InChI=1S/C21H14BrCl2N3S/c22-18-9-5-4-8-17(18)20-25-26-21(27(20)16-6-2-1-3-7-16)28-13-14-10-11-15(23)12-19(14)24/h1-12H,13H2. The lowest BCUT2D eigenvalue weighted by Crippen LogP contribution is -2.00. The summed E-state index contributed by atoms with van der Waals surface area (Å²) in [5.74, 6) is 1.44. The minimum absolute atomic E-state index is 0.627. The van der Waals surface area contributed by atoms with Crippen molar-refractivity contribution in [1.29, 1.82) is 0 Å². The van der Waals surface area contributed by atoms with Crippen LogP contribution >= 0.6 is 50.9 Å². The van der Waals surface area contributed by atoms with Crippen LogP contribution in [-0.2, 0) is 5.75 Å². The predicted octanol–water partition coefficient (Wildman–Crippen LogP) is 7.30. The van der Waals surface area contributed by atoms with Crippen LogP contribution < -0.4 is 0 Å². The fraction of sp³-hybridized carbons (Fsp3) is 0.0476. The summed E-state index contributed by atoms with van der Waals surface area (Å²) in [4.78, 5) is 0. The molecule has 0 N–H and O–H groups in total. The SMILES string of the molecule is Clc1ccc(CSc2nnc(-c3ccccc3Br)n2-c2ccccc2)c(Cl)c1. The van der Waals surface area contributed by atoms with Crippen molar-refractivity contribution in [2.45, 2.75) is 10.9 Å². The molecule has 1 aromatic heterocycles. The molecule has 0 unspecified atom stereocenters. The van der Waals surface area contributed by atoms with Gasteiger partial charge in [0, 0.05) is 31.5 Å². The van der Waals surface area contributed by atoms with Crippen LogP contribution in [0.2, 0.25) is 10.0 Å². The summed E-state index contributed by atoms with van der Waals surface area (Å²) < 4.78 is 3.03. The van der Waals surface area contributed by atoms with Crippen molar-refractivity contribution in [1.82, 2.24) is 14.8 Å². The smallest absolute Gasteiger partial charge is 0.196 e. The van der Waals surface area contributed by atoms with Gasteiger partial charge in [-0.05, 0) is 35.9 Å². The molecule has 28 heavy (non-hydrogen) atoms. The second kappa shape index (κ2) is 8.70. The van der Waals surface area contributed by atoms with Gasteiger partial charge in [-0.15, -0.1) is 10.2 Å². The molecule has 0 amide bonds. The lowest BCUT2D eigenvalue weighted by molar-refractivity contribution is 0.886. The third kappa shape index (κ3) is 4.13. The van der Waals surface area contributed by atoms with Crippen LogP contribution in [0.4, 0.5) is 0 Å². The Balaban J connectivity index is 1.74. The highest BCUT2D eigenvalue weighted by atomic mass is 79.9. The number of para-hydroxylation sites is 1. The second-order valence-corrected chi connectivity index (χ2v) is 8.62. The molecule has 0 aliphatic rings. The summed E-state index contributed by atoms with van der Waals surface area (Å²) in [7, 11) is 0. The number of hydrogen-bond acceptors (Lipinski definition) is 3. The number of benzene rings is 3. The molecule has 0 spiro atoms. The largest absolute Gasteiger partial charge is 0.270 e. The van der Waals surface area contributed by atoms with E-state index >= 15 is 0 Å². The molecule has 4 rings (SSSR count). The molecule has 7 heteroatoms. The highest BCUT2D eigenvalue weighted by molar-refractivity contribution is 9.10. The zero-order valence-corrected chi connectivity index (χ0v) is 18.4. The number of rotatable bonds is 5. The van der Waals surface area contributed by atoms with Gasteiger partial charge in [-0.1, -0.05) is 93.4 Å². The summed E-state index contributed by atoms with van der Waals surface area (Å²) in [5.41, 5.74) is 2.99. The zero-order chi connectivity index (χ0) is 19.5. The van der Waals surface area contributed by atoms with Crippen molar-refractivity contribution >= 4 is 50.9 Å². The highest BCUT2D eigenvalue weighted by Crippen LogP contribution is 2.34. The van der Waals surface area contributed by atoms with E-state index in [0.29, 0.717) is 15.8 Å². The van der Waals surface area contributed by atoms with Gasteiger partial charge >= 0.3 is 0 Å². The number of aromatic nitrogens is 3. The average molecular weight is 491 g/mol. The van der Waals surface area contributed by atoms with E-state index in [1.165, 1.54) is 0 Å². The molecule has 0 atom stereocenters. The maximum Gasteiger partial charge on any atom is 0.196 e. The first-order valence-electron chi connectivity index (χ1n) is 8.46. The molecule has 3 nitrogen and oxygen atoms in total. The zero-order valence-electron chi connectivity index (χ0n) is 14.5. The average Bonchev–Trinajstić information content (AvgIpc) is 3.12. The van der Waals surface area contributed by atoms with Crippen LogP contribution in [0.1, 0.15) is 5.56 Å². The van der Waals surface area contributed by atoms with Gasteiger partial charge in [0.2, 0.25) is 0 Å². The molecule has 3 aromatic carbocycles. The minimum Gasteiger partial charge on any atom is -0.270 e. The van der Waals surface area contributed by atoms with E-state index in [-0.39, 0.29) is 0 Å². The Morgan fingerprint density at radius 2 is 1.64 bits per heavy atom. The monoisotopic (exact) mass is 489 g/mol. The van der Waals surface area contributed by atoms with E-state index in [0.717, 1.165) is 32.3 Å². The predicted molar refractivity (Wildman–Crippen MR) is 121 cm³/mol. The van der Waals surface area contributed by atoms with Crippen LogP contribution in [-0.4, -0.2) is 14.8 Å². The van der Waals surface area contributed by atoms with E-state index in [2.05, 4.69) is 30.7 Å². The van der Waals surface area contributed by atoms with Gasteiger partial charge in [0.25, 0.3) is 0 Å². The van der Waals surface area contributed by atoms with Crippen molar-refractivity contribution in [3.8, 4) is 17.1 Å². The number of halogens is 3. The Morgan fingerprint density at radius 1 is 0.893 bits per heavy atom. The van der Waals surface area contributed by atoms with E-state index < -0.39 is 0 Å². The number of hydrogen-bond donors (Lipinski definition) is 0. The number of thioether (sulfide) groups is 1. The van der Waals surface area contributed by atoms with Crippen LogP contribution in [0.5, 0.6) is 0 Å². The van der Waals surface area contributed by atoms with Crippen molar-refractivity contribution in [3.05, 3.63) is 92.9 Å². The van der Waals surface area contributed by atoms with Crippen molar-refractivity contribution < 1.29 is 0 Å². The van der Waals surface area contributed by atoms with Gasteiger partial charge in [-0.25, -0.2) is 0 Å². The molecule has 0 radical (unpaired) electrons. The third-order valence-corrected chi connectivity index (χ3v) is 6.39. The summed E-state index contributed by atoms with van der Waals surface area (Å²) in [6.45, 7) is 0. The molecule has 140 valence electrons. The molecule has 0 aliphatic carbocycles. The van der Waals surface area contributed by atoms with Gasteiger partial charge in [0.05, 0.1) is 0 Å². The Hall–Kier alpha value is -1.79. The van der Waals surface area contributed by atoms with Crippen LogP contribution in [0, 0.1) is 0 Å². The highest BCUT2D eigenvalue weighted by Gasteiger charge is 2.18. The topological polar surface area (TPSA) is 30.7 Å². The maximum atomic E-state index is 6.33. The second-order valence-electron chi connectivity index (χ2n) is 5.98. The molecule has 0 bridgehead atoms. The fourth-order valence-electron chi connectivity index (χ4n) is 2.77. The molecule has 0 fully saturated rings. The Labute approximate surface area is 185 Å². The molecule has 4 aromatic rings. The normalized spacial score (nSPS) is 11.0. The van der Waals surface area contributed by atoms with E-state index in [1.54, 1.807) is 17.8 Å². The Kier molecular flexibility index (Phi) is 6.07. The van der Waals surface area contributed by atoms with E-state index in [9.17, 15) is 0 Å². The molecule has 0 aliphatic heterocycles. The van der Waals surface area contributed by atoms with Crippen molar-refractivity contribution in [2.24, 2.45) is 0 Å². The third-order valence-electron chi connectivity index (χ3n) is 4.13. The van der Waals surface area contributed by atoms with Gasteiger partial charge in [-0.2, -0.15) is 0 Å². The molecule has 0 saturated carbocycles. The van der Waals surface area contributed by atoms with Gasteiger partial charge in [0.1, 0.15) is 0 Å². The molecular weight excluding hydrogens is 477 g/mol. The molecule has 1 heterocycles. The van der Waals surface area contributed by atoms with Crippen molar-refractivity contribution in [3.63, 3.8) is 0 Å². The van der Waals surface area contributed by atoms with E-state index in [4.69, 9.17) is 23.2 Å². The maximum absolute atomic E-state index is 6.33. The minimum atomic E-state index is 0.627. The lowest BCUT2D eigenvalue weighted by Gasteiger charge is -2.11. The van der Waals surface area contributed by atoms with Crippen LogP contribution in [0.15, 0.2) is 82.4 Å². The summed E-state index contributed by atoms with van der Waals surface area (Å²) in [6.07, 6.45) is 0. The summed E-state index contributed by atoms with van der Waals surface area (Å²) in [6, 6.07) is 23.6. The Bertz CT molecular complexity index is 1120. The molecular formula is C21H14BrCl2N3S. The van der Waals surface area contributed by atoms with Crippen LogP contribution in [0.3, 0.4) is 0 Å². The number of nitrogens with zero attached hydrogens (tertiary/aromatic N) is 3. The Morgan fingerprint density at radius 3 is 2.39 bits per heavy atom.